The van der Waals surface area contributed by atoms with Crippen molar-refractivity contribution < 1.29 is 9.90 Å². The first-order chi connectivity index (χ1) is 13.0. The smallest absolute Gasteiger partial charge is 0.255 e. The summed E-state index contributed by atoms with van der Waals surface area (Å²) >= 11 is 0. The van der Waals surface area contributed by atoms with Crippen LogP contribution in [0, 0.1) is 6.92 Å². The molecule has 1 aliphatic heterocycles. The van der Waals surface area contributed by atoms with Crippen LogP contribution in [-0.4, -0.2) is 25.8 Å². The molecule has 0 saturated heterocycles. The first-order valence-corrected chi connectivity index (χ1v) is 8.58. The Morgan fingerprint density at radius 3 is 2.78 bits per heavy atom. The molecule has 1 aliphatic rings. The quantitative estimate of drug-likeness (QED) is 0.666. The van der Waals surface area contributed by atoms with Gasteiger partial charge in [-0.1, -0.05) is 30.3 Å². The zero-order chi connectivity index (χ0) is 19.0. The Kier molecular flexibility index (Phi) is 4.12. The fourth-order valence-corrected chi connectivity index (χ4v) is 3.29. The Labute approximate surface area is 156 Å². The first kappa shape index (κ1) is 16.8. The molecule has 4 rings (SSSR count). The molecule has 2 aromatic carbocycles. The van der Waals surface area contributed by atoms with Gasteiger partial charge in [-0.25, -0.2) is 4.68 Å². The van der Waals surface area contributed by atoms with Gasteiger partial charge in [0.25, 0.3) is 5.91 Å². The molecular weight excluding hydrogens is 342 g/mol. The molecule has 7 heteroatoms. The molecule has 136 valence electrons. The van der Waals surface area contributed by atoms with Gasteiger partial charge >= 0.3 is 0 Å². The second kappa shape index (κ2) is 6.60. The standard InChI is InChI=1S/C20H19N5O2/c1-12-6-3-4-9-16(12)24-19(27)17-13(2)23-20-21-11-22-25(20)18(17)14-7-5-8-15(26)10-14/h3-11,18,26H,1-2H3,(H,24,27)(H,21,22,23)/t18-/m0/s1. The topological polar surface area (TPSA) is 92.1 Å². The van der Waals surface area contributed by atoms with Gasteiger partial charge in [-0.2, -0.15) is 10.1 Å². The van der Waals surface area contributed by atoms with Gasteiger partial charge in [-0.3, -0.25) is 4.79 Å². The van der Waals surface area contributed by atoms with Gasteiger partial charge in [-0.05, 0) is 43.2 Å². The average Bonchev–Trinajstić information content (AvgIpc) is 3.10. The van der Waals surface area contributed by atoms with Gasteiger partial charge in [0.15, 0.2) is 0 Å². The van der Waals surface area contributed by atoms with E-state index in [1.54, 1.807) is 22.9 Å². The van der Waals surface area contributed by atoms with Crippen molar-refractivity contribution in [3.8, 4) is 5.75 Å². The van der Waals surface area contributed by atoms with Crippen LogP contribution in [0.4, 0.5) is 11.6 Å². The van der Waals surface area contributed by atoms with Crippen LogP contribution in [0.2, 0.25) is 0 Å². The Balaban J connectivity index is 1.79. The van der Waals surface area contributed by atoms with E-state index in [2.05, 4.69) is 20.7 Å². The summed E-state index contributed by atoms with van der Waals surface area (Å²) in [4.78, 5) is 17.4. The highest BCUT2D eigenvalue weighted by Gasteiger charge is 2.33. The minimum absolute atomic E-state index is 0.129. The molecule has 0 aliphatic carbocycles. The molecule has 0 spiro atoms. The SMILES string of the molecule is CC1=C(C(=O)Nc2ccccc2C)[C@H](c2cccc(O)c2)n2ncnc2N1. The van der Waals surface area contributed by atoms with Crippen molar-refractivity contribution in [3.05, 3.63) is 77.3 Å². The van der Waals surface area contributed by atoms with E-state index in [9.17, 15) is 9.90 Å². The van der Waals surface area contributed by atoms with Gasteiger partial charge in [0.05, 0.1) is 5.57 Å². The lowest BCUT2D eigenvalue weighted by Crippen LogP contribution is -2.31. The van der Waals surface area contributed by atoms with Gasteiger partial charge in [0.2, 0.25) is 5.95 Å². The van der Waals surface area contributed by atoms with Crippen molar-refractivity contribution in [2.24, 2.45) is 0 Å². The number of nitrogens with zero attached hydrogens (tertiary/aromatic N) is 3. The van der Waals surface area contributed by atoms with Crippen molar-refractivity contribution in [2.45, 2.75) is 19.9 Å². The zero-order valence-corrected chi connectivity index (χ0v) is 15.0. The summed E-state index contributed by atoms with van der Waals surface area (Å²) in [6.45, 7) is 3.78. The van der Waals surface area contributed by atoms with Crippen LogP contribution >= 0.6 is 0 Å². The van der Waals surface area contributed by atoms with E-state index >= 15 is 0 Å². The minimum Gasteiger partial charge on any atom is -0.508 e. The van der Waals surface area contributed by atoms with Crippen LogP contribution in [0.25, 0.3) is 0 Å². The van der Waals surface area contributed by atoms with Crippen LogP contribution in [0.1, 0.15) is 24.1 Å². The number of rotatable bonds is 3. The average molecular weight is 361 g/mol. The van der Waals surface area contributed by atoms with Crippen molar-refractivity contribution in [1.29, 1.82) is 0 Å². The lowest BCUT2D eigenvalue weighted by Gasteiger charge is -2.29. The Morgan fingerprint density at radius 2 is 2.00 bits per heavy atom. The molecule has 0 fully saturated rings. The molecule has 0 saturated carbocycles. The monoisotopic (exact) mass is 361 g/mol. The van der Waals surface area contributed by atoms with Crippen molar-refractivity contribution in [2.75, 3.05) is 10.6 Å². The van der Waals surface area contributed by atoms with E-state index in [-0.39, 0.29) is 11.7 Å². The number of nitrogens with one attached hydrogen (secondary N) is 2. The number of aromatic nitrogens is 3. The number of phenols is 1. The number of phenolic OH excluding ortho intramolecular Hbond substituents is 1. The number of hydrogen-bond donors (Lipinski definition) is 3. The number of carbonyl (C=O) groups excluding carboxylic acids is 1. The summed E-state index contributed by atoms with van der Waals surface area (Å²) in [5, 5.41) is 20.3. The van der Waals surface area contributed by atoms with E-state index in [0.717, 1.165) is 16.8 Å². The summed E-state index contributed by atoms with van der Waals surface area (Å²) in [5.41, 5.74) is 3.68. The van der Waals surface area contributed by atoms with E-state index in [1.165, 1.54) is 6.33 Å². The van der Waals surface area contributed by atoms with Crippen LogP contribution in [0.3, 0.4) is 0 Å². The maximum absolute atomic E-state index is 13.2. The van der Waals surface area contributed by atoms with Gasteiger partial charge in [0.1, 0.15) is 18.1 Å². The normalized spacial score (nSPS) is 15.9. The molecule has 3 aromatic rings. The minimum atomic E-state index is -0.500. The third-order valence-electron chi connectivity index (χ3n) is 4.62. The predicted molar refractivity (Wildman–Crippen MR) is 102 cm³/mol. The highest BCUT2D eigenvalue weighted by Crippen LogP contribution is 2.36. The van der Waals surface area contributed by atoms with Crippen molar-refractivity contribution >= 4 is 17.5 Å². The van der Waals surface area contributed by atoms with Crippen molar-refractivity contribution in [1.82, 2.24) is 14.8 Å². The number of carbonyl (C=O) groups is 1. The Hall–Kier alpha value is -3.61. The Bertz CT molecular complexity index is 1050. The first-order valence-electron chi connectivity index (χ1n) is 8.58. The van der Waals surface area contributed by atoms with Gasteiger partial charge < -0.3 is 15.7 Å². The molecule has 1 aromatic heterocycles. The van der Waals surface area contributed by atoms with Crippen LogP contribution in [-0.2, 0) is 4.79 Å². The third kappa shape index (κ3) is 3.03. The maximum atomic E-state index is 13.2. The van der Waals surface area contributed by atoms with Crippen LogP contribution < -0.4 is 10.6 Å². The largest absolute Gasteiger partial charge is 0.508 e. The zero-order valence-electron chi connectivity index (χ0n) is 15.0. The maximum Gasteiger partial charge on any atom is 0.255 e. The molecule has 27 heavy (non-hydrogen) atoms. The molecule has 3 N–H and O–H groups in total. The second-order valence-corrected chi connectivity index (χ2v) is 6.46. The van der Waals surface area contributed by atoms with E-state index in [0.29, 0.717) is 17.2 Å². The molecule has 1 amide bonds. The molecular formula is C20H19N5O2. The number of para-hydroxylation sites is 1. The van der Waals surface area contributed by atoms with Crippen LogP contribution in [0.5, 0.6) is 5.75 Å². The number of hydrogen-bond acceptors (Lipinski definition) is 5. The number of benzene rings is 2. The number of aryl methyl sites for hydroxylation is 1. The lowest BCUT2D eigenvalue weighted by molar-refractivity contribution is -0.113. The van der Waals surface area contributed by atoms with Gasteiger partial charge in [-0.15, -0.1) is 0 Å². The fraction of sp³-hybridized carbons (Fsp3) is 0.150. The Morgan fingerprint density at radius 1 is 1.19 bits per heavy atom. The second-order valence-electron chi connectivity index (χ2n) is 6.46. The van der Waals surface area contributed by atoms with Crippen LogP contribution in [0.15, 0.2) is 66.1 Å². The highest BCUT2D eigenvalue weighted by atomic mass is 16.3. The van der Waals surface area contributed by atoms with E-state index < -0.39 is 6.04 Å². The predicted octanol–water partition coefficient (Wildman–Crippen LogP) is 3.22. The summed E-state index contributed by atoms with van der Waals surface area (Å²) in [6, 6.07) is 13.9. The lowest BCUT2D eigenvalue weighted by atomic mass is 9.94. The summed E-state index contributed by atoms with van der Waals surface area (Å²) in [5.74, 6) is 0.445. The van der Waals surface area contributed by atoms with E-state index in [1.807, 2.05) is 44.2 Å². The number of aromatic hydroxyl groups is 1. The summed E-state index contributed by atoms with van der Waals surface area (Å²) in [7, 11) is 0. The number of amides is 1. The van der Waals surface area contributed by atoms with Crippen molar-refractivity contribution in [3.63, 3.8) is 0 Å². The third-order valence-corrected chi connectivity index (χ3v) is 4.62. The summed E-state index contributed by atoms with van der Waals surface area (Å²) < 4.78 is 1.65. The molecule has 0 radical (unpaired) electrons. The number of anilines is 2. The number of allylic oxidation sites excluding steroid dienone is 1. The number of fused-ring (bicyclic) bond motifs is 1. The fourth-order valence-electron chi connectivity index (χ4n) is 3.29. The molecule has 7 nitrogen and oxygen atoms in total. The highest BCUT2D eigenvalue weighted by molar-refractivity contribution is 6.06. The molecule has 2 heterocycles. The molecule has 1 atom stereocenters. The summed E-state index contributed by atoms with van der Waals surface area (Å²) in [6.07, 6.45) is 1.44. The molecule has 0 unspecified atom stereocenters. The van der Waals surface area contributed by atoms with Gasteiger partial charge in [0, 0.05) is 11.4 Å². The van der Waals surface area contributed by atoms with E-state index in [4.69, 9.17) is 0 Å². The molecule has 0 bridgehead atoms.